The summed E-state index contributed by atoms with van der Waals surface area (Å²) >= 11 is 0. The molecule has 0 heterocycles. The van der Waals surface area contributed by atoms with Crippen molar-refractivity contribution in [2.45, 2.75) is 13.0 Å². The zero-order valence-corrected chi connectivity index (χ0v) is 12.7. The van der Waals surface area contributed by atoms with Crippen molar-refractivity contribution in [2.75, 3.05) is 13.6 Å². The van der Waals surface area contributed by atoms with Crippen molar-refractivity contribution < 1.29 is 9.59 Å². The summed E-state index contributed by atoms with van der Waals surface area (Å²) in [4.78, 5) is 25.6. The smallest absolute Gasteiger partial charge is 0.251 e. The van der Waals surface area contributed by atoms with E-state index in [2.05, 4.69) is 5.32 Å². The second-order valence-corrected chi connectivity index (χ2v) is 5.11. The largest absolute Gasteiger partial charge is 0.352 e. The maximum atomic E-state index is 12.0. The monoisotopic (exact) mass is 296 g/mol. The molecule has 2 rings (SSSR count). The van der Waals surface area contributed by atoms with Crippen molar-refractivity contribution in [3.8, 4) is 0 Å². The molecule has 4 heteroatoms. The lowest BCUT2D eigenvalue weighted by Crippen LogP contribution is -2.31. The third-order valence-corrected chi connectivity index (χ3v) is 3.35. The Labute approximate surface area is 130 Å². The minimum atomic E-state index is -0.154. The Morgan fingerprint density at radius 2 is 1.55 bits per heavy atom. The number of hydrogen-bond donors (Lipinski definition) is 1. The minimum Gasteiger partial charge on any atom is -0.352 e. The highest BCUT2D eigenvalue weighted by atomic mass is 16.2. The van der Waals surface area contributed by atoms with E-state index in [1.54, 1.807) is 24.1 Å². The lowest BCUT2D eigenvalue weighted by Gasteiger charge is -2.17. The van der Waals surface area contributed by atoms with E-state index >= 15 is 0 Å². The van der Waals surface area contributed by atoms with Gasteiger partial charge in [0, 0.05) is 32.1 Å². The zero-order valence-electron chi connectivity index (χ0n) is 12.7. The van der Waals surface area contributed by atoms with E-state index in [-0.39, 0.29) is 11.8 Å². The SMILES string of the molecule is CN(Cc1ccccc1)C(=O)CCNC(=O)c1ccccc1. The summed E-state index contributed by atoms with van der Waals surface area (Å²) in [7, 11) is 1.77. The third-order valence-electron chi connectivity index (χ3n) is 3.35. The minimum absolute atomic E-state index is 0.0113. The fraction of sp³-hybridized carbons (Fsp3) is 0.222. The van der Waals surface area contributed by atoms with E-state index in [1.165, 1.54) is 0 Å². The van der Waals surface area contributed by atoms with Crippen LogP contribution in [0.3, 0.4) is 0 Å². The van der Waals surface area contributed by atoms with Gasteiger partial charge in [0.1, 0.15) is 0 Å². The average molecular weight is 296 g/mol. The van der Waals surface area contributed by atoms with E-state index in [9.17, 15) is 9.59 Å². The highest BCUT2D eigenvalue weighted by molar-refractivity contribution is 5.94. The van der Waals surface area contributed by atoms with Crippen molar-refractivity contribution in [1.82, 2.24) is 10.2 Å². The average Bonchev–Trinajstić information content (AvgIpc) is 2.56. The summed E-state index contributed by atoms with van der Waals surface area (Å²) in [6.07, 6.45) is 0.294. The molecule has 0 spiro atoms. The van der Waals surface area contributed by atoms with Crippen LogP contribution in [0.4, 0.5) is 0 Å². The molecule has 0 aromatic heterocycles. The van der Waals surface area contributed by atoms with Gasteiger partial charge in [-0.05, 0) is 17.7 Å². The predicted molar refractivity (Wildman–Crippen MR) is 86.3 cm³/mol. The number of benzene rings is 2. The van der Waals surface area contributed by atoms with Crippen LogP contribution in [0.15, 0.2) is 60.7 Å². The lowest BCUT2D eigenvalue weighted by atomic mass is 10.2. The summed E-state index contributed by atoms with van der Waals surface area (Å²) < 4.78 is 0. The van der Waals surface area contributed by atoms with Gasteiger partial charge < -0.3 is 10.2 Å². The number of hydrogen-bond acceptors (Lipinski definition) is 2. The second-order valence-electron chi connectivity index (χ2n) is 5.11. The number of rotatable bonds is 6. The Balaban J connectivity index is 1.74. The number of amides is 2. The Kier molecular flexibility index (Phi) is 5.72. The number of carbonyl (C=O) groups is 2. The lowest BCUT2D eigenvalue weighted by molar-refractivity contribution is -0.130. The normalized spacial score (nSPS) is 10.0. The molecule has 2 amide bonds. The molecule has 22 heavy (non-hydrogen) atoms. The van der Waals surface area contributed by atoms with Crippen LogP contribution in [-0.4, -0.2) is 30.3 Å². The molecule has 0 bridgehead atoms. The van der Waals surface area contributed by atoms with Gasteiger partial charge in [-0.1, -0.05) is 48.5 Å². The number of carbonyl (C=O) groups excluding carboxylic acids is 2. The Bertz CT molecular complexity index is 611. The topological polar surface area (TPSA) is 49.4 Å². The van der Waals surface area contributed by atoms with Crippen LogP contribution in [0.1, 0.15) is 22.3 Å². The molecule has 0 aliphatic heterocycles. The maximum absolute atomic E-state index is 12.0. The molecule has 2 aromatic rings. The van der Waals surface area contributed by atoms with Crippen LogP contribution >= 0.6 is 0 Å². The fourth-order valence-corrected chi connectivity index (χ4v) is 2.11. The van der Waals surface area contributed by atoms with Crippen LogP contribution < -0.4 is 5.32 Å². The molecule has 0 aliphatic carbocycles. The summed E-state index contributed by atoms with van der Waals surface area (Å²) in [5.41, 5.74) is 1.69. The van der Waals surface area contributed by atoms with Gasteiger partial charge >= 0.3 is 0 Å². The molecule has 2 aromatic carbocycles. The first-order chi connectivity index (χ1) is 10.7. The molecule has 114 valence electrons. The number of nitrogens with zero attached hydrogens (tertiary/aromatic N) is 1. The van der Waals surface area contributed by atoms with Crippen LogP contribution in [0, 0.1) is 0 Å². The van der Waals surface area contributed by atoms with E-state index in [4.69, 9.17) is 0 Å². The number of nitrogens with one attached hydrogen (secondary N) is 1. The van der Waals surface area contributed by atoms with E-state index in [0.717, 1.165) is 5.56 Å². The zero-order chi connectivity index (χ0) is 15.8. The Morgan fingerprint density at radius 1 is 0.955 bits per heavy atom. The Morgan fingerprint density at radius 3 is 2.18 bits per heavy atom. The van der Waals surface area contributed by atoms with Gasteiger partial charge in [-0.25, -0.2) is 0 Å². The molecular weight excluding hydrogens is 276 g/mol. The third kappa shape index (κ3) is 4.74. The van der Waals surface area contributed by atoms with Crippen LogP contribution in [0.2, 0.25) is 0 Å². The van der Waals surface area contributed by atoms with Crippen molar-refractivity contribution in [2.24, 2.45) is 0 Å². The summed E-state index contributed by atoms with van der Waals surface area (Å²) in [6, 6.07) is 18.8. The van der Waals surface area contributed by atoms with Crippen molar-refractivity contribution >= 4 is 11.8 Å². The molecule has 0 atom stereocenters. The van der Waals surface area contributed by atoms with E-state index < -0.39 is 0 Å². The molecule has 0 radical (unpaired) electrons. The highest BCUT2D eigenvalue weighted by Gasteiger charge is 2.10. The van der Waals surface area contributed by atoms with Crippen LogP contribution in [-0.2, 0) is 11.3 Å². The predicted octanol–water partition coefficient (Wildman–Crippen LogP) is 2.47. The summed E-state index contributed by atoms with van der Waals surface area (Å²) in [5, 5.41) is 2.76. The summed E-state index contributed by atoms with van der Waals surface area (Å²) in [5.74, 6) is -0.142. The van der Waals surface area contributed by atoms with Crippen molar-refractivity contribution in [1.29, 1.82) is 0 Å². The van der Waals surface area contributed by atoms with E-state index in [0.29, 0.717) is 25.1 Å². The molecule has 0 fully saturated rings. The first kappa shape index (κ1) is 15.8. The quantitative estimate of drug-likeness (QED) is 0.890. The highest BCUT2D eigenvalue weighted by Crippen LogP contribution is 2.04. The van der Waals surface area contributed by atoms with Gasteiger partial charge in [0.05, 0.1) is 0 Å². The Hall–Kier alpha value is -2.62. The first-order valence-electron chi connectivity index (χ1n) is 7.28. The van der Waals surface area contributed by atoms with Crippen molar-refractivity contribution in [3.63, 3.8) is 0 Å². The summed E-state index contributed by atoms with van der Waals surface area (Å²) in [6.45, 7) is 0.915. The first-order valence-corrected chi connectivity index (χ1v) is 7.28. The molecular formula is C18H20N2O2. The fourth-order valence-electron chi connectivity index (χ4n) is 2.11. The second kappa shape index (κ2) is 7.98. The molecule has 0 aliphatic rings. The van der Waals surface area contributed by atoms with Gasteiger partial charge in [0.2, 0.25) is 5.91 Å². The molecule has 4 nitrogen and oxygen atoms in total. The van der Waals surface area contributed by atoms with Gasteiger partial charge in [-0.3, -0.25) is 9.59 Å². The van der Waals surface area contributed by atoms with E-state index in [1.807, 2.05) is 48.5 Å². The van der Waals surface area contributed by atoms with Gasteiger partial charge in [-0.15, -0.1) is 0 Å². The molecule has 0 saturated heterocycles. The van der Waals surface area contributed by atoms with Crippen LogP contribution in [0.25, 0.3) is 0 Å². The van der Waals surface area contributed by atoms with Crippen LogP contribution in [0.5, 0.6) is 0 Å². The molecule has 0 unspecified atom stereocenters. The molecule has 1 N–H and O–H groups in total. The molecule has 0 saturated carbocycles. The van der Waals surface area contributed by atoms with Gasteiger partial charge in [0.25, 0.3) is 5.91 Å². The van der Waals surface area contributed by atoms with Gasteiger partial charge in [0.15, 0.2) is 0 Å². The van der Waals surface area contributed by atoms with Gasteiger partial charge in [-0.2, -0.15) is 0 Å². The maximum Gasteiger partial charge on any atom is 0.251 e. The van der Waals surface area contributed by atoms with Crippen molar-refractivity contribution in [3.05, 3.63) is 71.8 Å². The standard InChI is InChI=1S/C18H20N2O2/c1-20(14-15-8-4-2-5-9-15)17(21)12-13-19-18(22)16-10-6-3-7-11-16/h2-11H,12-14H2,1H3,(H,19,22).